The molecule has 0 fully saturated rings. The van der Waals surface area contributed by atoms with E-state index in [2.05, 4.69) is 32.0 Å². The normalized spacial score (nSPS) is 12.2. The summed E-state index contributed by atoms with van der Waals surface area (Å²) in [7, 11) is 0. The van der Waals surface area contributed by atoms with Crippen molar-refractivity contribution in [2.45, 2.75) is 37.7 Å². The second kappa shape index (κ2) is 8.23. The zero-order valence-corrected chi connectivity index (χ0v) is 17.7. The van der Waals surface area contributed by atoms with Crippen LogP contribution in [0.15, 0.2) is 53.7 Å². The smallest absolute Gasteiger partial charge is 0.237 e. The van der Waals surface area contributed by atoms with E-state index in [4.69, 9.17) is 0 Å². The average Bonchev–Trinajstić information content (AvgIpc) is 3.07. The Hall–Kier alpha value is -3.26. The van der Waals surface area contributed by atoms with E-state index < -0.39 is 5.25 Å². The Morgan fingerprint density at radius 1 is 1.10 bits per heavy atom. The molecule has 152 valence electrons. The maximum Gasteiger partial charge on any atom is 0.237 e. The third-order valence-corrected chi connectivity index (χ3v) is 5.83. The van der Waals surface area contributed by atoms with Crippen molar-refractivity contribution in [1.29, 1.82) is 0 Å². The zero-order valence-electron chi connectivity index (χ0n) is 16.9. The lowest BCUT2D eigenvalue weighted by molar-refractivity contribution is -0.115. The number of rotatable bonds is 6. The number of carbonyl (C=O) groups is 2. The summed E-state index contributed by atoms with van der Waals surface area (Å²) in [6.45, 7) is 6.13. The summed E-state index contributed by atoms with van der Waals surface area (Å²) in [5.41, 5.74) is 3.84. The molecular weight excluding hydrogens is 398 g/mol. The number of aromatic nitrogens is 4. The number of thioether (sulfide) groups is 1. The average molecular weight is 420 g/mol. The van der Waals surface area contributed by atoms with Crippen molar-refractivity contribution in [3.8, 4) is 0 Å². The highest BCUT2D eigenvalue weighted by Gasteiger charge is 2.19. The van der Waals surface area contributed by atoms with Crippen LogP contribution in [0.1, 0.15) is 31.1 Å². The van der Waals surface area contributed by atoms with Gasteiger partial charge in [0.1, 0.15) is 5.52 Å². The highest BCUT2D eigenvalue weighted by molar-refractivity contribution is 8.00. The van der Waals surface area contributed by atoms with E-state index >= 15 is 0 Å². The molecule has 0 saturated carbocycles. The van der Waals surface area contributed by atoms with E-state index in [-0.39, 0.29) is 11.7 Å². The first-order valence-corrected chi connectivity index (χ1v) is 10.6. The minimum Gasteiger partial charge on any atom is -0.325 e. The van der Waals surface area contributed by atoms with Crippen LogP contribution in [-0.4, -0.2) is 36.7 Å². The van der Waals surface area contributed by atoms with Gasteiger partial charge in [-0.1, -0.05) is 30.0 Å². The van der Waals surface area contributed by atoms with E-state index in [0.717, 1.165) is 28.6 Å². The number of nitrogens with one attached hydrogen (secondary N) is 1. The third kappa shape index (κ3) is 3.78. The van der Waals surface area contributed by atoms with Crippen molar-refractivity contribution in [1.82, 2.24) is 19.7 Å². The van der Waals surface area contributed by atoms with Gasteiger partial charge in [-0.05, 0) is 51.1 Å². The van der Waals surface area contributed by atoms with Crippen LogP contribution in [0.4, 0.5) is 5.69 Å². The molecular formula is C22H21N5O2S. The number of carbonyl (C=O) groups excluding carboxylic acids is 2. The van der Waals surface area contributed by atoms with Gasteiger partial charge in [-0.15, -0.1) is 10.2 Å². The van der Waals surface area contributed by atoms with Gasteiger partial charge in [0.25, 0.3) is 0 Å². The lowest BCUT2D eigenvalue weighted by Gasteiger charge is -2.11. The number of amides is 1. The monoisotopic (exact) mass is 419 g/mol. The molecule has 1 atom stereocenters. The fourth-order valence-electron chi connectivity index (χ4n) is 3.30. The first-order valence-electron chi connectivity index (χ1n) is 9.68. The maximum absolute atomic E-state index is 12.6. The lowest BCUT2D eigenvalue weighted by atomic mass is 10.1. The third-order valence-electron chi connectivity index (χ3n) is 4.88. The van der Waals surface area contributed by atoms with Gasteiger partial charge in [0, 0.05) is 23.2 Å². The Kier molecular flexibility index (Phi) is 5.50. The van der Waals surface area contributed by atoms with E-state index in [9.17, 15) is 9.59 Å². The molecule has 2 heterocycles. The van der Waals surface area contributed by atoms with Gasteiger partial charge in [-0.2, -0.15) is 0 Å². The van der Waals surface area contributed by atoms with Gasteiger partial charge in [0.2, 0.25) is 11.1 Å². The van der Waals surface area contributed by atoms with Gasteiger partial charge in [-0.3, -0.25) is 9.59 Å². The van der Waals surface area contributed by atoms with Crippen LogP contribution in [0, 0.1) is 0 Å². The Balaban J connectivity index is 1.53. The van der Waals surface area contributed by atoms with Crippen molar-refractivity contribution in [3.05, 3.63) is 54.1 Å². The first kappa shape index (κ1) is 20.0. The van der Waals surface area contributed by atoms with Crippen molar-refractivity contribution in [2.24, 2.45) is 0 Å². The molecule has 0 radical (unpaired) electrons. The van der Waals surface area contributed by atoms with Gasteiger partial charge in [0.05, 0.1) is 10.8 Å². The van der Waals surface area contributed by atoms with Crippen LogP contribution in [0.5, 0.6) is 0 Å². The lowest BCUT2D eigenvalue weighted by Crippen LogP contribution is -2.22. The van der Waals surface area contributed by atoms with Gasteiger partial charge in [-0.25, -0.2) is 4.98 Å². The SMILES string of the molecule is CCn1c2ccccc2c2nnc(S[C@H](C)C(=O)Nc3ccc(C(C)=O)cc3)nc21. The summed E-state index contributed by atoms with van der Waals surface area (Å²) in [6.07, 6.45) is 0. The van der Waals surface area contributed by atoms with Crippen LogP contribution in [0.25, 0.3) is 22.1 Å². The highest BCUT2D eigenvalue weighted by atomic mass is 32.2. The van der Waals surface area contributed by atoms with Crippen LogP contribution in [0.2, 0.25) is 0 Å². The molecule has 0 aliphatic rings. The standard InChI is InChI=1S/C22H21N5O2S/c1-4-27-18-8-6-5-7-17(18)19-20(27)24-22(26-25-19)30-14(3)21(29)23-16-11-9-15(10-12-16)13(2)28/h5-12,14H,4H2,1-3H3,(H,23,29)/t14-/m1/s1. The van der Waals surface area contributed by atoms with Gasteiger partial charge in [0.15, 0.2) is 11.4 Å². The molecule has 0 saturated heterocycles. The molecule has 1 N–H and O–H groups in total. The molecule has 4 aromatic rings. The first-order chi connectivity index (χ1) is 14.5. The Morgan fingerprint density at radius 2 is 1.83 bits per heavy atom. The number of benzene rings is 2. The molecule has 2 aromatic heterocycles. The molecule has 4 rings (SSSR count). The van der Waals surface area contributed by atoms with Crippen LogP contribution in [-0.2, 0) is 11.3 Å². The summed E-state index contributed by atoms with van der Waals surface area (Å²) in [5.74, 6) is -0.184. The van der Waals surface area contributed by atoms with Crippen molar-refractivity contribution < 1.29 is 9.59 Å². The quantitative estimate of drug-likeness (QED) is 0.370. The molecule has 0 aliphatic carbocycles. The summed E-state index contributed by atoms with van der Waals surface area (Å²) >= 11 is 1.26. The van der Waals surface area contributed by atoms with Crippen LogP contribution in [0.3, 0.4) is 0 Å². The molecule has 1 amide bonds. The number of ketones is 1. The molecule has 30 heavy (non-hydrogen) atoms. The summed E-state index contributed by atoms with van der Waals surface area (Å²) in [5, 5.41) is 12.5. The number of Topliss-reactive ketones (excluding diaryl/α,β-unsaturated/α-hetero) is 1. The predicted octanol–water partition coefficient (Wildman–Crippen LogP) is 4.32. The number of nitrogens with zero attached hydrogens (tertiary/aromatic N) is 4. The van der Waals surface area contributed by atoms with E-state index in [1.807, 2.05) is 24.3 Å². The Labute approximate surface area is 177 Å². The second-order valence-electron chi connectivity index (χ2n) is 6.91. The van der Waals surface area contributed by atoms with E-state index in [1.165, 1.54) is 18.7 Å². The fourth-order valence-corrected chi connectivity index (χ4v) is 4.01. The maximum atomic E-state index is 12.6. The fraction of sp³-hybridized carbons (Fsp3) is 0.227. The number of hydrogen-bond acceptors (Lipinski definition) is 6. The van der Waals surface area contributed by atoms with E-state index in [1.54, 1.807) is 31.2 Å². The number of para-hydroxylation sites is 1. The molecule has 2 aromatic carbocycles. The molecule has 0 spiro atoms. The molecule has 7 nitrogen and oxygen atoms in total. The Bertz CT molecular complexity index is 1250. The predicted molar refractivity (Wildman–Crippen MR) is 119 cm³/mol. The number of aryl methyl sites for hydroxylation is 1. The van der Waals surface area contributed by atoms with Crippen LogP contribution < -0.4 is 5.32 Å². The van der Waals surface area contributed by atoms with E-state index in [0.29, 0.717) is 16.4 Å². The molecule has 0 aliphatic heterocycles. The van der Waals surface area contributed by atoms with Crippen molar-refractivity contribution in [3.63, 3.8) is 0 Å². The van der Waals surface area contributed by atoms with Crippen molar-refractivity contribution in [2.75, 3.05) is 5.32 Å². The van der Waals surface area contributed by atoms with Gasteiger partial charge >= 0.3 is 0 Å². The molecule has 8 heteroatoms. The topological polar surface area (TPSA) is 89.8 Å². The van der Waals surface area contributed by atoms with Gasteiger partial charge < -0.3 is 9.88 Å². The largest absolute Gasteiger partial charge is 0.325 e. The molecule has 0 unspecified atom stereocenters. The second-order valence-corrected chi connectivity index (χ2v) is 8.22. The summed E-state index contributed by atoms with van der Waals surface area (Å²) < 4.78 is 2.10. The summed E-state index contributed by atoms with van der Waals surface area (Å²) in [4.78, 5) is 28.6. The minimum atomic E-state index is -0.420. The van der Waals surface area contributed by atoms with Crippen LogP contribution >= 0.6 is 11.8 Å². The van der Waals surface area contributed by atoms with Crippen molar-refractivity contribution >= 4 is 51.2 Å². The Morgan fingerprint density at radius 3 is 2.53 bits per heavy atom. The zero-order chi connectivity index (χ0) is 21.3. The number of hydrogen-bond donors (Lipinski definition) is 1. The highest BCUT2D eigenvalue weighted by Crippen LogP contribution is 2.28. The molecule has 0 bridgehead atoms. The minimum absolute atomic E-state index is 0.0127. The number of anilines is 1. The summed E-state index contributed by atoms with van der Waals surface area (Å²) in [6, 6.07) is 14.8. The number of fused-ring (bicyclic) bond motifs is 3.